The van der Waals surface area contributed by atoms with Crippen molar-refractivity contribution in [2.75, 3.05) is 38.1 Å². The summed E-state index contributed by atoms with van der Waals surface area (Å²) in [6, 6.07) is 9.92. The van der Waals surface area contributed by atoms with Crippen LogP contribution < -0.4 is 10.6 Å². The van der Waals surface area contributed by atoms with Gasteiger partial charge >= 0.3 is 0 Å². The van der Waals surface area contributed by atoms with Gasteiger partial charge in [-0.25, -0.2) is 4.98 Å². The number of amides is 1. The quantitative estimate of drug-likeness (QED) is 0.914. The Morgan fingerprint density at radius 3 is 2.67 bits per heavy atom. The van der Waals surface area contributed by atoms with Crippen LogP contribution in [0, 0.1) is 0 Å². The van der Waals surface area contributed by atoms with E-state index in [2.05, 4.69) is 16.8 Å². The van der Waals surface area contributed by atoms with Crippen molar-refractivity contribution in [2.45, 2.75) is 6.42 Å². The van der Waals surface area contributed by atoms with Crippen molar-refractivity contribution in [3.63, 3.8) is 0 Å². The number of piperazine rings is 1. The first kappa shape index (κ1) is 13.8. The Labute approximate surface area is 124 Å². The van der Waals surface area contributed by atoms with Gasteiger partial charge in [0.2, 0.25) is 5.91 Å². The van der Waals surface area contributed by atoms with Crippen LogP contribution in [0.25, 0.3) is 10.9 Å². The number of pyridine rings is 1. The van der Waals surface area contributed by atoms with Gasteiger partial charge in [-0.2, -0.15) is 0 Å². The Morgan fingerprint density at radius 1 is 1.24 bits per heavy atom. The zero-order valence-corrected chi connectivity index (χ0v) is 12.2. The number of fused-ring (bicyclic) bond motifs is 1. The van der Waals surface area contributed by atoms with E-state index >= 15 is 0 Å². The number of primary amides is 1. The lowest BCUT2D eigenvalue weighted by Gasteiger charge is -2.33. The number of nitrogens with zero attached hydrogens (tertiary/aromatic N) is 3. The minimum absolute atomic E-state index is 0.254. The highest BCUT2D eigenvalue weighted by atomic mass is 16.1. The number of para-hydroxylation sites is 1. The fourth-order valence-corrected chi connectivity index (χ4v) is 2.76. The van der Waals surface area contributed by atoms with Crippen molar-refractivity contribution >= 4 is 22.6 Å². The predicted octanol–water partition coefficient (Wildman–Crippen LogP) is 1.01. The topological polar surface area (TPSA) is 62.5 Å². The molecular weight excluding hydrogens is 264 g/mol. The summed E-state index contributed by atoms with van der Waals surface area (Å²) in [5.41, 5.74) is 7.26. The third-order valence-electron chi connectivity index (χ3n) is 3.98. The largest absolute Gasteiger partial charge is 0.369 e. The maximum atomic E-state index is 11.3. The number of rotatable bonds is 3. The average molecular weight is 284 g/mol. The monoisotopic (exact) mass is 284 g/mol. The fraction of sp³-hybridized carbons (Fsp3) is 0.375. The van der Waals surface area contributed by atoms with Gasteiger partial charge < -0.3 is 15.5 Å². The van der Waals surface area contributed by atoms with Gasteiger partial charge in [-0.1, -0.05) is 18.2 Å². The minimum atomic E-state index is -0.310. The van der Waals surface area contributed by atoms with E-state index < -0.39 is 0 Å². The maximum absolute atomic E-state index is 11.3. The number of hydrogen-bond acceptors (Lipinski definition) is 4. The van der Waals surface area contributed by atoms with Gasteiger partial charge in [-0.15, -0.1) is 0 Å². The number of carbonyl (C=O) groups is 1. The van der Waals surface area contributed by atoms with Crippen molar-refractivity contribution in [2.24, 2.45) is 5.73 Å². The Balaban J connectivity index is 2.01. The van der Waals surface area contributed by atoms with Gasteiger partial charge in [0.05, 0.1) is 11.9 Å². The average Bonchev–Trinajstić information content (AvgIpc) is 2.47. The number of aromatic nitrogens is 1. The second kappa shape index (κ2) is 5.69. The Kier molecular flexibility index (Phi) is 3.75. The summed E-state index contributed by atoms with van der Waals surface area (Å²) < 4.78 is 0. The number of benzene rings is 1. The molecule has 2 N–H and O–H groups in total. The first-order valence-electron chi connectivity index (χ1n) is 7.24. The van der Waals surface area contributed by atoms with Crippen LogP contribution in [0.5, 0.6) is 0 Å². The first-order chi connectivity index (χ1) is 10.1. The molecule has 1 fully saturated rings. The Morgan fingerprint density at radius 2 is 1.95 bits per heavy atom. The molecule has 2 heterocycles. The summed E-state index contributed by atoms with van der Waals surface area (Å²) in [5.74, 6) is 0.633. The molecule has 2 aromatic rings. The molecular formula is C16H20N4O. The van der Waals surface area contributed by atoms with E-state index in [0.29, 0.717) is 0 Å². The second-order valence-corrected chi connectivity index (χ2v) is 5.59. The van der Waals surface area contributed by atoms with Crippen molar-refractivity contribution in [1.82, 2.24) is 9.88 Å². The fourth-order valence-electron chi connectivity index (χ4n) is 2.76. The highest BCUT2D eigenvalue weighted by Gasteiger charge is 2.17. The number of carbonyl (C=O) groups excluding carboxylic acids is 1. The molecule has 0 bridgehead atoms. The van der Waals surface area contributed by atoms with Gasteiger partial charge in [-0.3, -0.25) is 4.79 Å². The molecule has 21 heavy (non-hydrogen) atoms. The molecule has 0 aliphatic carbocycles. The highest BCUT2D eigenvalue weighted by Crippen LogP contribution is 2.24. The van der Waals surface area contributed by atoms with E-state index in [1.165, 1.54) is 0 Å². The van der Waals surface area contributed by atoms with Gasteiger partial charge in [0.15, 0.2) is 0 Å². The molecule has 0 radical (unpaired) electrons. The number of nitrogens with two attached hydrogens (primary N) is 1. The van der Waals surface area contributed by atoms with Crippen LogP contribution in [-0.2, 0) is 11.2 Å². The lowest BCUT2D eigenvalue weighted by Crippen LogP contribution is -2.44. The maximum Gasteiger partial charge on any atom is 0.221 e. The molecule has 0 atom stereocenters. The summed E-state index contributed by atoms with van der Waals surface area (Å²) >= 11 is 0. The van der Waals surface area contributed by atoms with Crippen molar-refractivity contribution in [3.05, 3.63) is 35.9 Å². The lowest BCUT2D eigenvalue weighted by molar-refractivity contribution is -0.117. The second-order valence-electron chi connectivity index (χ2n) is 5.59. The van der Waals surface area contributed by atoms with Crippen LogP contribution in [0.2, 0.25) is 0 Å². The third kappa shape index (κ3) is 2.97. The van der Waals surface area contributed by atoms with E-state index in [1.54, 1.807) is 0 Å². The predicted molar refractivity (Wildman–Crippen MR) is 84.4 cm³/mol. The molecule has 1 aliphatic rings. The SMILES string of the molecule is CN1CCN(c2cc(CC(N)=O)c3ccccc3n2)CC1. The highest BCUT2D eigenvalue weighted by molar-refractivity contribution is 5.89. The van der Waals surface area contributed by atoms with Crippen molar-refractivity contribution in [1.29, 1.82) is 0 Å². The number of hydrogen-bond donors (Lipinski definition) is 1. The molecule has 3 rings (SSSR count). The van der Waals surface area contributed by atoms with Crippen LogP contribution in [0.15, 0.2) is 30.3 Å². The lowest BCUT2D eigenvalue weighted by atomic mass is 10.1. The van der Waals surface area contributed by atoms with E-state index in [4.69, 9.17) is 10.7 Å². The molecule has 5 heteroatoms. The molecule has 0 saturated carbocycles. The van der Waals surface area contributed by atoms with Crippen molar-refractivity contribution in [3.8, 4) is 0 Å². The molecule has 1 saturated heterocycles. The molecule has 5 nitrogen and oxygen atoms in total. The molecule has 1 aromatic heterocycles. The van der Waals surface area contributed by atoms with Gasteiger partial charge in [0.1, 0.15) is 5.82 Å². The van der Waals surface area contributed by atoms with E-state index in [-0.39, 0.29) is 12.3 Å². The molecule has 0 unspecified atom stereocenters. The van der Waals surface area contributed by atoms with E-state index in [0.717, 1.165) is 48.5 Å². The summed E-state index contributed by atoms with van der Waals surface area (Å²) in [7, 11) is 2.13. The molecule has 0 spiro atoms. The number of likely N-dealkylation sites (N-methyl/N-ethyl adjacent to an activating group) is 1. The summed E-state index contributed by atoms with van der Waals surface area (Å²) in [6.07, 6.45) is 0.254. The summed E-state index contributed by atoms with van der Waals surface area (Å²) in [5, 5.41) is 1.01. The standard InChI is InChI=1S/C16H20N4O/c1-19-6-8-20(9-7-19)16-11-12(10-15(17)21)13-4-2-3-5-14(13)18-16/h2-5,11H,6-10H2,1H3,(H2,17,21). The van der Waals surface area contributed by atoms with Gasteiger partial charge in [-0.05, 0) is 24.7 Å². The third-order valence-corrected chi connectivity index (χ3v) is 3.98. The van der Waals surface area contributed by atoms with E-state index in [9.17, 15) is 4.79 Å². The normalized spacial score (nSPS) is 16.3. The van der Waals surface area contributed by atoms with E-state index in [1.807, 2.05) is 30.3 Å². The Bertz CT molecular complexity index is 662. The number of anilines is 1. The van der Waals surface area contributed by atoms with Crippen LogP contribution in [-0.4, -0.2) is 49.0 Å². The van der Waals surface area contributed by atoms with Crippen LogP contribution in [0.1, 0.15) is 5.56 Å². The van der Waals surface area contributed by atoms with Gasteiger partial charge in [0, 0.05) is 31.6 Å². The van der Waals surface area contributed by atoms with Crippen molar-refractivity contribution < 1.29 is 4.79 Å². The van der Waals surface area contributed by atoms with Crippen LogP contribution in [0.4, 0.5) is 5.82 Å². The molecule has 1 amide bonds. The molecule has 1 aromatic carbocycles. The zero-order valence-electron chi connectivity index (χ0n) is 12.2. The smallest absolute Gasteiger partial charge is 0.221 e. The Hall–Kier alpha value is -2.14. The van der Waals surface area contributed by atoms with Crippen LogP contribution in [0.3, 0.4) is 0 Å². The summed E-state index contributed by atoms with van der Waals surface area (Å²) in [6.45, 7) is 3.97. The summed E-state index contributed by atoms with van der Waals surface area (Å²) in [4.78, 5) is 20.7. The first-order valence-corrected chi connectivity index (χ1v) is 7.24. The zero-order chi connectivity index (χ0) is 14.8. The molecule has 110 valence electrons. The van der Waals surface area contributed by atoms with Crippen LogP contribution >= 0.6 is 0 Å². The minimum Gasteiger partial charge on any atom is -0.369 e. The van der Waals surface area contributed by atoms with Gasteiger partial charge in [0.25, 0.3) is 0 Å². The molecule has 1 aliphatic heterocycles.